The number of hydrogen-bond donors (Lipinski definition) is 2. The smallest absolute Gasteiger partial charge is 0.348 e. The quantitative estimate of drug-likeness (QED) is 0.715. The summed E-state index contributed by atoms with van der Waals surface area (Å²) in [5, 5.41) is 5.43. The van der Waals surface area contributed by atoms with Gasteiger partial charge in [-0.3, -0.25) is 9.59 Å². The third kappa shape index (κ3) is 4.74. The molecular weight excluding hydrogens is 384 g/mol. The average molecular weight is 404 g/mol. The summed E-state index contributed by atoms with van der Waals surface area (Å²) in [4.78, 5) is 48.4. The summed E-state index contributed by atoms with van der Waals surface area (Å²) in [7, 11) is 1.23. The Morgan fingerprint density at radius 2 is 1.82 bits per heavy atom. The molecule has 0 aliphatic rings. The van der Waals surface area contributed by atoms with Gasteiger partial charge < -0.3 is 20.1 Å². The first-order chi connectivity index (χ1) is 13.3. The zero-order chi connectivity index (χ0) is 20.8. The first-order valence-electron chi connectivity index (χ1n) is 8.36. The average Bonchev–Trinajstić information content (AvgIpc) is 2.97. The van der Waals surface area contributed by atoms with Crippen LogP contribution in [-0.2, 0) is 14.3 Å². The van der Waals surface area contributed by atoms with Gasteiger partial charge in [-0.25, -0.2) is 9.59 Å². The van der Waals surface area contributed by atoms with Crippen LogP contribution in [0.3, 0.4) is 0 Å². The lowest BCUT2D eigenvalue weighted by Gasteiger charge is -2.08. The van der Waals surface area contributed by atoms with Gasteiger partial charge in [0, 0.05) is 18.2 Å². The van der Waals surface area contributed by atoms with Gasteiger partial charge in [-0.1, -0.05) is 6.07 Å². The van der Waals surface area contributed by atoms with E-state index in [1.807, 2.05) is 0 Å². The monoisotopic (exact) mass is 404 g/mol. The van der Waals surface area contributed by atoms with Gasteiger partial charge in [-0.15, -0.1) is 11.3 Å². The summed E-state index contributed by atoms with van der Waals surface area (Å²) in [6.45, 7) is 4.75. The van der Waals surface area contributed by atoms with Crippen LogP contribution in [0.5, 0.6) is 0 Å². The van der Waals surface area contributed by atoms with E-state index in [-0.39, 0.29) is 33.5 Å². The van der Waals surface area contributed by atoms with Crippen molar-refractivity contribution in [2.45, 2.75) is 20.8 Å². The molecule has 8 nitrogen and oxygen atoms in total. The van der Waals surface area contributed by atoms with Gasteiger partial charge >= 0.3 is 11.9 Å². The van der Waals surface area contributed by atoms with Crippen molar-refractivity contribution in [2.24, 2.45) is 0 Å². The van der Waals surface area contributed by atoms with E-state index in [4.69, 9.17) is 9.47 Å². The summed E-state index contributed by atoms with van der Waals surface area (Å²) >= 11 is 0.934. The van der Waals surface area contributed by atoms with E-state index in [9.17, 15) is 19.2 Å². The van der Waals surface area contributed by atoms with Crippen molar-refractivity contribution in [3.63, 3.8) is 0 Å². The minimum atomic E-state index is -0.645. The number of anilines is 2. The van der Waals surface area contributed by atoms with Crippen molar-refractivity contribution in [3.8, 4) is 0 Å². The molecule has 0 unspecified atom stereocenters. The van der Waals surface area contributed by atoms with Gasteiger partial charge in [-0.2, -0.15) is 0 Å². The van der Waals surface area contributed by atoms with Crippen LogP contribution < -0.4 is 10.6 Å². The van der Waals surface area contributed by atoms with Gasteiger partial charge in [0.2, 0.25) is 5.91 Å². The SMILES string of the molecule is CCOC(=O)c1c(NC(=O)c2cccc(NC(C)=O)c2)sc(C(=O)OC)c1C. The van der Waals surface area contributed by atoms with Crippen LogP contribution in [0.25, 0.3) is 0 Å². The second kappa shape index (κ2) is 9.14. The standard InChI is InChI=1S/C19H20N2O6S/c1-5-27-18(24)14-10(2)15(19(25)26-4)28-17(14)21-16(23)12-7-6-8-13(9-12)20-11(3)22/h6-9H,5H2,1-4H3,(H,20,22)(H,21,23). The minimum Gasteiger partial charge on any atom is -0.465 e. The molecule has 0 saturated carbocycles. The Bertz CT molecular complexity index is 935. The molecule has 0 aliphatic carbocycles. The Labute approximate surface area is 165 Å². The first kappa shape index (κ1) is 21.1. The highest BCUT2D eigenvalue weighted by molar-refractivity contribution is 7.18. The van der Waals surface area contributed by atoms with Crippen molar-refractivity contribution in [3.05, 3.63) is 45.8 Å². The number of carbonyl (C=O) groups excluding carboxylic acids is 4. The first-order valence-corrected chi connectivity index (χ1v) is 9.17. The van der Waals surface area contributed by atoms with Crippen LogP contribution in [0.2, 0.25) is 0 Å². The van der Waals surface area contributed by atoms with Gasteiger partial charge in [0.25, 0.3) is 5.91 Å². The highest BCUT2D eigenvalue weighted by Crippen LogP contribution is 2.34. The largest absolute Gasteiger partial charge is 0.465 e. The molecule has 2 rings (SSSR count). The maximum absolute atomic E-state index is 12.7. The second-order valence-corrected chi connectivity index (χ2v) is 6.71. The van der Waals surface area contributed by atoms with Crippen molar-refractivity contribution in [2.75, 3.05) is 24.4 Å². The van der Waals surface area contributed by atoms with E-state index in [0.717, 1.165) is 11.3 Å². The van der Waals surface area contributed by atoms with E-state index < -0.39 is 17.8 Å². The topological polar surface area (TPSA) is 111 Å². The lowest BCUT2D eigenvalue weighted by molar-refractivity contribution is -0.114. The number of carbonyl (C=O) groups is 4. The van der Waals surface area contributed by atoms with Crippen molar-refractivity contribution < 1.29 is 28.7 Å². The summed E-state index contributed by atoms with van der Waals surface area (Å²) < 4.78 is 9.78. The Morgan fingerprint density at radius 3 is 2.43 bits per heavy atom. The van der Waals surface area contributed by atoms with Crippen LogP contribution >= 0.6 is 11.3 Å². The maximum Gasteiger partial charge on any atom is 0.348 e. The van der Waals surface area contributed by atoms with E-state index in [2.05, 4.69) is 10.6 Å². The van der Waals surface area contributed by atoms with Gasteiger partial charge in [0.1, 0.15) is 9.88 Å². The van der Waals surface area contributed by atoms with Gasteiger partial charge in [0.15, 0.2) is 0 Å². The summed E-state index contributed by atoms with van der Waals surface area (Å²) in [5.41, 5.74) is 1.21. The number of nitrogens with one attached hydrogen (secondary N) is 2. The molecule has 0 atom stereocenters. The molecule has 1 heterocycles. The van der Waals surface area contributed by atoms with Crippen LogP contribution in [0.1, 0.15) is 49.8 Å². The molecule has 0 fully saturated rings. The Morgan fingerprint density at radius 1 is 1.11 bits per heavy atom. The highest BCUT2D eigenvalue weighted by atomic mass is 32.1. The number of ether oxygens (including phenoxy) is 2. The molecule has 2 N–H and O–H groups in total. The lowest BCUT2D eigenvalue weighted by atomic mass is 10.1. The Hall–Kier alpha value is -3.20. The normalized spacial score (nSPS) is 10.1. The van der Waals surface area contributed by atoms with Crippen LogP contribution in [0.4, 0.5) is 10.7 Å². The van der Waals surface area contributed by atoms with Gasteiger partial charge in [-0.05, 0) is 37.6 Å². The molecule has 2 amide bonds. The summed E-state index contributed by atoms with van der Waals surface area (Å²) in [6.07, 6.45) is 0. The molecule has 0 spiro atoms. The fraction of sp³-hybridized carbons (Fsp3) is 0.263. The van der Waals surface area contributed by atoms with Crippen molar-refractivity contribution >= 4 is 45.8 Å². The number of methoxy groups -OCH3 is 1. The number of rotatable bonds is 6. The third-order valence-corrected chi connectivity index (χ3v) is 4.86. The van der Waals surface area contributed by atoms with E-state index in [1.165, 1.54) is 20.1 Å². The van der Waals surface area contributed by atoms with E-state index >= 15 is 0 Å². The zero-order valence-corrected chi connectivity index (χ0v) is 16.7. The van der Waals surface area contributed by atoms with Gasteiger partial charge in [0.05, 0.1) is 19.3 Å². The number of esters is 2. The summed E-state index contributed by atoms with van der Waals surface area (Å²) in [6, 6.07) is 6.33. The fourth-order valence-electron chi connectivity index (χ4n) is 2.45. The van der Waals surface area contributed by atoms with Crippen LogP contribution in [0, 0.1) is 6.92 Å². The van der Waals surface area contributed by atoms with Crippen molar-refractivity contribution in [1.82, 2.24) is 0 Å². The molecule has 0 saturated heterocycles. The lowest BCUT2D eigenvalue weighted by Crippen LogP contribution is -2.15. The molecule has 148 valence electrons. The van der Waals surface area contributed by atoms with E-state index in [0.29, 0.717) is 11.3 Å². The molecule has 0 radical (unpaired) electrons. The Balaban J connectivity index is 2.39. The number of benzene rings is 1. The zero-order valence-electron chi connectivity index (χ0n) is 15.9. The maximum atomic E-state index is 12.7. The molecule has 2 aromatic rings. The Kier molecular flexibility index (Phi) is 6.89. The third-order valence-electron chi connectivity index (χ3n) is 3.67. The predicted molar refractivity (Wildman–Crippen MR) is 105 cm³/mol. The van der Waals surface area contributed by atoms with E-state index in [1.54, 1.807) is 32.0 Å². The minimum absolute atomic E-state index is 0.110. The molecule has 0 aliphatic heterocycles. The second-order valence-electron chi connectivity index (χ2n) is 5.69. The highest BCUT2D eigenvalue weighted by Gasteiger charge is 2.27. The fourth-order valence-corrected chi connectivity index (χ4v) is 3.56. The van der Waals surface area contributed by atoms with Crippen molar-refractivity contribution in [1.29, 1.82) is 0 Å². The molecule has 1 aromatic carbocycles. The summed E-state index contributed by atoms with van der Waals surface area (Å²) in [5.74, 6) is -2.02. The van der Waals surface area contributed by atoms with Crippen LogP contribution in [-0.4, -0.2) is 37.5 Å². The molecule has 9 heteroatoms. The molecular formula is C19H20N2O6S. The number of thiophene rings is 1. The molecule has 1 aromatic heterocycles. The molecule has 0 bridgehead atoms. The number of hydrogen-bond acceptors (Lipinski definition) is 7. The predicted octanol–water partition coefficient (Wildman–Crippen LogP) is 3.23. The number of amides is 2. The van der Waals surface area contributed by atoms with Crippen LogP contribution in [0.15, 0.2) is 24.3 Å². The molecule has 28 heavy (non-hydrogen) atoms.